The number of carboxylic acid groups (broad SMARTS) is 2. The lowest BCUT2D eigenvalue weighted by molar-refractivity contribution is -0.159. The van der Waals surface area contributed by atoms with Gasteiger partial charge in [0, 0.05) is 10.9 Å². The Morgan fingerprint density at radius 1 is 0.833 bits per heavy atom. The molecule has 0 unspecified atom stereocenters. The van der Waals surface area contributed by atoms with E-state index in [-0.39, 0.29) is 0 Å². The fourth-order valence-corrected chi connectivity index (χ4v) is 7.65. The van der Waals surface area contributed by atoms with Gasteiger partial charge in [-0.25, -0.2) is 9.59 Å². The van der Waals surface area contributed by atoms with Crippen molar-refractivity contribution in [3.63, 3.8) is 0 Å². The van der Waals surface area contributed by atoms with Crippen LogP contribution in [0.3, 0.4) is 0 Å². The van der Waals surface area contributed by atoms with Gasteiger partial charge in [0.25, 0.3) is 0 Å². The monoisotopic (exact) mass is 645 g/mol. The van der Waals surface area contributed by atoms with Gasteiger partial charge in [0.1, 0.15) is 5.75 Å². The summed E-state index contributed by atoms with van der Waals surface area (Å²) in [4.78, 5) is 20.9. The topological polar surface area (TPSA) is 87.1 Å². The molecule has 4 aromatic carbocycles. The van der Waals surface area contributed by atoms with Crippen LogP contribution >= 0.6 is 0 Å². The maximum atomic E-state index is 9.10. The van der Waals surface area contributed by atoms with E-state index in [1.165, 1.54) is 120 Å². The lowest BCUT2D eigenvalue weighted by atomic mass is 9.79. The third kappa shape index (κ3) is 7.65. The molecular weight excluding hydrogens is 598 g/mol. The Morgan fingerprint density at radius 3 is 2.40 bits per heavy atom. The molecule has 1 fully saturated rings. The molecule has 1 saturated heterocycles. The summed E-state index contributed by atoms with van der Waals surface area (Å²) >= 11 is 0. The van der Waals surface area contributed by atoms with Gasteiger partial charge >= 0.3 is 11.9 Å². The number of hydrogen-bond donors (Lipinski definition) is 2. The standard InChI is InChI=1S/C40H45NO.C2H2O4/c1-2-3-8-24-41-25-21-29(22-26-41)23-27-42-40-36-12-7-5-10-31(36)13-18-37(40)33-15-17-35-32(28-33)16-20-38-34-11-6-4-9-30(34)14-19-39(35)38;3-1(4)2(5)6/h5-7,10-13,15-18,20,28-29H,2-4,8-9,14,19,21-27H2,1H3;(H,3,4)(H,5,6). The van der Waals surface area contributed by atoms with Crippen LogP contribution in [0.25, 0.3) is 38.2 Å². The van der Waals surface area contributed by atoms with Crippen molar-refractivity contribution in [2.24, 2.45) is 5.92 Å². The highest BCUT2D eigenvalue weighted by molar-refractivity contribution is 6.27. The molecule has 3 aliphatic rings. The Labute approximate surface area is 283 Å². The summed E-state index contributed by atoms with van der Waals surface area (Å²) in [5, 5.41) is 20.0. The average Bonchev–Trinajstić information content (AvgIpc) is 3.12. The summed E-state index contributed by atoms with van der Waals surface area (Å²) < 4.78 is 6.75. The summed E-state index contributed by atoms with van der Waals surface area (Å²) in [7, 11) is 0. The molecule has 0 aromatic heterocycles. The van der Waals surface area contributed by atoms with Crippen LogP contribution in [0, 0.1) is 5.92 Å². The predicted octanol–water partition coefficient (Wildman–Crippen LogP) is 9.54. The number of rotatable bonds is 9. The number of ether oxygens (including phenoxy) is 1. The largest absolute Gasteiger partial charge is 0.492 e. The predicted molar refractivity (Wildman–Crippen MR) is 195 cm³/mol. The molecule has 0 amide bonds. The van der Waals surface area contributed by atoms with E-state index >= 15 is 0 Å². The Bertz CT molecular complexity index is 1830. The number of carbonyl (C=O) groups is 2. The van der Waals surface area contributed by atoms with E-state index in [4.69, 9.17) is 24.5 Å². The maximum absolute atomic E-state index is 9.10. The fraction of sp³-hybridized carbons (Fsp3) is 0.381. The van der Waals surface area contributed by atoms with Gasteiger partial charge in [-0.1, -0.05) is 98.2 Å². The van der Waals surface area contributed by atoms with Crippen LogP contribution < -0.4 is 4.74 Å². The Hall–Kier alpha value is -4.42. The van der Waals surface area contributed by atoms with Crippen LogP contribution in [0.2, 0.25) is 0 Å². The first kappa shape index (κ1) is 33.5. The van der Waals surface area contributed by atoms with E-state index in [2.05, 4.69) is 90.7 Å². The van der Waals surface area contributed by atoms with Gasteiger partial charge in [0.2, 0.25) is 0 Å². The van der Waals surface area contributed by atoms with Crippen LogP contribution in [0.15, 0.2) is 84.5 Å². The summed E-state index contributed by atoms with van der Waals surface area (Å²) in [6, 6.07) is 25.0. The highest BCUT2D eigenvalue weighted by atomic mass is 16.5. The normalized spacial score (nSPS) is 16.3. The van der Waals surface area contributed by atoms with Gasteiger partial charge in [-0.05, 0) is 121 Å². The molecule has 1 heterocycles. The van der Waals surface area contributed by atoms with Crippen molar-refractivity contribution in [3.05, 3.63) is 95.6 Å². The van der Waals surface area contributed by atoms with Crippen molar-refractivity contribution in [2.45, 2.75) is 71.1 Å². The van der Waals surface area contributed by atoms with Crippen molar-refractivity contribution < 1.29 is 24.5 Å². The van der Waals surface area contributed by atoms with Crippen molar-refractivity contribution in [1.29, 1.82) is 0 Å². The molecule has 6 nitrogen and oxygen atoms in total. The van der Waals surface area contributed by atoms with Crippen LogP contribution in [0.1, 0.15) is 75.8 Å². The van der Waals surface area contributed by atoms with Gasteiger partial charge in [-0.3, -0.25) is 0 Å². The number of fused-ring (bicyclic) bond motifs is 5. The van der Waals surface area contributed by atoms with E-state index < -0.39 is 11.9 Å². The number of nitrogens with zero attached hydrogens (tertiary/aromatic N) is 1. The number of likely N-dealkylation sites (tertiary alicyclic amines) is 1. The van der Waals surface area contributed by atoms with Gasteiger partial charge in [-0.2, -0.15) is 0 Å². The molecule has 4 aromatic rings. The molecule has 0 saturated carbocycles. The smallest absolute Gasteiger partial charge is 0.414 e. The van der Waals surface area contributed by atoms with E-state index in [1.807, 2.05) is 0 Å². The Kier molecular flexibility index (Phi) is 10.9. The zero-order valence-corrected chi connectivity index (χ0v) is 28.0. The molecule has 1 aliphatic heterocycles. The number of piperidine rings is 1. The van der Waals surface area contributed by atoms with E-state index in [9.17, 15) is 0 Å². The average molecular weight is 646 g/mol. The van der Waals surface area contributed by atoms with Gasteiger partial charge in [-0.15, -0.1) is 0 Å². The highest BCUT2D eigenvalue weighted by Gasteiger charge is 2.22. The number of allylic oxidation sites excluding steroid dienone is 4. The van der Waals surface area contributed by atoms with Gasteiger partial charge in [0.15, 0.2) is 0 Å². The minimum absolute atomic E-state index is 0.771. The molecule has 48 heavy (non-hydrogen) atoms. The first-order valence-electron chi connectivity index (χ1n) is 17.7. The second-order valence-corrected chi connectivity index (χ2v) is 13.4. The molecule has 250 valence electrons. The molecule has 7 rings (SSSR count). The van der Waals surface area contributed by atoms with Crippen LogP contribution in [0.4, 0.5) is 0 Å². The highest BCUT2D eigenvalue weighted by Crippen LogP contribution is 2.42. The van der Waals surface area contributed by atoms with Crippen molar-refractivity contribution in [3.8, 4) is 16.9 Å². The molecule has 0 atom stereocenters. The lowest BCUT2D eigenvalue weighted by Gasteiger charge is -2.32. The van der Waals surface area contributed by atoms with Crippen molar-refractivity contribution in [1.82, 2.24) is 4.90 Å². The van der Waals surface area contributed by atoms with Crippen molar-refractivity contribution >= 4 is 39.1 Å². The lowest BCUT2D eigenvalue weighted by Crippen LogP contribution is -2.34. The van der Waals surface area contributed by atoms with Crippen molar-refractivity contribution in [2.75, 3.05) is 26.2 Å². The summed E-state index contributed by atoms with van der Waals surface area (Å²) in [6.07, 6.45) is 17.3. The molecular formula is C42H47NO5. The molecule has 0 bridgehead atoms. The van der Waals surface area contributed by atoms with Crippen LogP contribution in [-0.2, 0) is 16.0 Å². The maximum Gasteiger partial charge on any atom is 0.414 e. The third-order valence-corrected chi connectivity index (χ3v) is 10.3. The number of aliphatic carboxylic acids is 2. The Balaban J connectivity index is 0.000000615. The summed E-state index contributed by atoms with van der Waals surface area (Å²) in [5.74, 6) is -1.83. The minimum atomic E-state index is -1.82. The molecule has 2 N–H and O–H groups in total. The first-order chi connectivity index (χ1) is 23.4. The molecule has 0 radical (unpaired) electrons. The second-order valence-electron chi connectivity index (χ2n) is 13.4. The minimum Gasteiger partial charge on any atom is -0.492 e. The number of carboxylic acids is 2. The first-order valence-corrected chi connectivity index (χ1v) is 17.7. The zero-order chi connectivity index (χ0) is 33.5. The summed E-state index contributed by atoms with van der Waals surface area (Å²) in [5.41, 5.74) is 8.57. The van der Waals surface area contributed by atoms with Crippen LogP contribution in [-0.4, -0.2) is 53.3 Å². The van der Waals surface area contributed by atoms with Gasteiger partial charge in [0.05, 0.1) is 6.61 Å². The molecule has 0 spiro atoms. The molecule has 6 heteroatoms. The number of aryl methyl sites for hydroxylation is 1. The summed E-state index contributed by atoms with van der Waals surface area (Å²) in [6.45, 7) is 6.86. The zero-order valence-electron chi connectivity index (χ0n) is 28.0. The SMILES string of the molecule is CCCCCN1CCC(CCOc2c(-c3ccc4c5c(ccc4c3)C3=C(CCC=C3)CC5)ccc3ccccc23)CC1.O=C(O)C(=O)O. The van der Waals surface area contributed by atoms with Crippen LogP contribution in [0.5, 0.6) is 5.75 Å². The number of hydrogen-bond acceptors (Lipinski definition) is 4. The third-order valence-electron chi connectivity index (χ3n) is 10.3. The Morgan fingerprint density at radius 2 is 1.60 bits per heavy atom. The van der Waals surface area contributed by atoms with E-state index in [0.29, 0.717) is 0 Å². The fourth-order valence-electron chi connectivity index (χ4n) is 7.65. The quantitative estimate of drug-likeness (QED) is 0.139. The second kappa shape index (κ2) is 15.7. The number of benzene rings is 4. The van der Waals surface area contributed by atoms with E-state index in [0.717, 1.165) is 31.1 Å². The number of unbranched alkanes of at least 4 members (excludes halogenated alkanes) is 2. The van der Waals surface area contributed by atoms with Gasteiger partial charge < -0.3 is 19.8 Å². The molecule has 2 aliphatic carbocycles. The van der Waals surface area contributed by atoms with E-state index in [1.54, 1.807) is 5.57 Å².